The van der Waals surface area contributed by atoms with Crippen LogP contribution in [0.3, 0.4) is 0 Å². The fourth-order valence-corrected chi connectivity index (χ4v) is 3.78. The van der Waals surface area contributed by atoms with Gasteiger partial charge in [0.2, 0.25) is 23.7 Å². The Morgan fingerprint density at radius 1 is 1.29 bits per heavy atom. The summed E-state index contributed by atoms with van der Waals surface area (Å²) in [4.78, 5) is 33.0. The number of morpholine rings is 1. The summed E-state index contributed by atoms with van der Waals surface area (Å²) in [5.74, 6) is 0.965. The number of likely N-dealkylation sites (N-methyl/N-ethyl adjacent to an activating group) is 1. The number of anilines is 2. The molecule has 1 saturated heterocycles. The van der Waals surface area contributed by atoms with E-state index in [4.69, 9.17) is 20.3 Å². The van der Waals surface area contributed by atoms with Gasteiger partial charge in [0, 0.05) is 62.5 Å². The molecule has 3 N–H and O–H groups in total. The van der Waals surface area contributed by atoms with Crippen molar-refractivity contribution >= 4 is 17.8 Å². The van der Waals surface area contributed by atoms with Crippen LogP contribution in [0.15, 0.2) is 18.5 Å². The molecular formula is C20H27N7O4. The van der Waals surface area contributed by atoms with E-state index in [2.05, 4.69) is 24.8 Å². The number of carbonyl (C=O) groups is 1. The van der Waals surface area contributed by atoms with Crippen LogP contribution in [0.2, 0.25) is 0 Å². The summed E-state index contributed by atoms with van der Waals surface area (Å²) < 4.78 is 11.6. The van der Waals surface area contributed by atoms with Crippen molar-refractivity contribution < 1.29 is 19.4 Å². The topological polar surface area (TPSA) is 140 Å². The number of carbonyl (C=O) groups excluding carboxylic acids is 1. The van der Waals surface area contributed by atoms with Crippen molar-refractivity contribution in [2.75, 3.05) is 50.1 Å². The third-order valence-electron chi connectivity index (χ3n) is 5.55. The molecule has 0 unspecified atom stereocenters. The Hall–Kier alpha value is -3.05. The van der Waals surface area contributed by atoms with E-state index in [9.17, 15) is 4.79 Å². The quantitative estimate of drug-likeness (QED) is 0.623. The van der Waals surface area contributed by atoms with Crippen LogP contribution in [-0.2, 0) is 9.53 Å². The van der Waals surface area contributed by atoms with Gasteiger partial charge in [0.05, 0.1) is 18.9 Å². The van der Waals surface area contributed by atoms with Crippen molar-refractivity contribution in [3.8, 4) is 17.1 Å². The smallest absolute Gasteiger partial charge is 0.248 e. The number of hydrogen-bond acceptors (Lipinski definition) is 10. The molecule has 3 heterocycles. The van der Waals surface area contributed by atoms with Crippen LogP contribution in [0.1, 0.15) is 19.8 Å². The van der Waals surface area contributed by atoms with Gasteiger partial charge in [-0.05, 0) is 6.92 Å². The molecule has 0 bridgehead atoms. The van der Waals surface area contributed by atoms with Gasteiger partial charge in [-0.25, -0.2) is 15.0 Å². The van der Waals surface area contributed by atoms with Gasteiger partial charge >= 0.3 is 0 Å². The summed E-state index contributed by atoms with van der Waals surface area (Å²) >= 11 is 0. The number of nitrogen functional groups attached to an aromatic ring is 1. The number of hydrogen-bond donors (Lipinski definition) is 2. The SMILES string of the molecule is CCN(C(=O)CO)[C@H]1C[C@H](Oc2cc(-c3cnc(N)nc3)nc(N3CCOCC3)n2)C1. The third kappa shape index (κ3) is 4.83. The number of aliphatic hydroxyl groups is 1. The highest BCUT2D eigenvalue weighted by molar-refractivity contribution is 5.77. The minimum absolute atomic E-state index is 0.0616. The molecule has 0 aromatic carbocycles. The Bertz CT molecular complexity index is 899. The van der Waals surface area contributed by atoms with Crippen LogP contribution in [0.4, 0.5) is 11.9 Å². The van der Waals surface area contributed by atoms with Crippen LogP contribution in [-0.4, -0.2) is 87.5 Å². The summed E-state index contributed by atoms with van der Waals surface area (Å²) in [5.41, 5.74) is 6.97. The number of ether oxygens (including phenoxy) is 2. The van der Waals surface area contributed by atoms with Gasteiger partial charge in [-0.1, -0.05) is 0 Å². The maximum atomic E-state index is 11.9. The molecule has 2 fully saturated rings. The first-order chi connectivity index (χ1) is 15.1. The lowest BCUT2D eigenvalue weighted by atomic mass is 9.87. The zero-order chi connectivity index (χ0) is 21.8. The molecule has 1 aliphatic carbocycles. The number of aromatic nitrogens is 4. The van der Waals surface area contributed by atoms with Gasteiger partial charge in [-0.2, -0.15) is 4.98 Å². The highest BCUT2D eigenvalue weighted by atomic mass is 16.5. The van der Waals surface area contributed by atoms with E-state index >= 15 is 0 Å². The van der Waals surface area contributed by atoms with E-state index in [0.717, 1.165) is 0 Å². The van der Waals surface area contributed by atoms with Gasteiger partial charge in [0.25, 0.3) is 0 Å². The summed E-state index contributed by atoms with van der Waals surface area (Å²) in [6.07, 6.45) is 4.56. The normalized spacial score (nSPS) is 20.8. The molecule has 166 valence electrons. The first-order valence-electron chi connectivity index (χ1n) is 10.4. The van der Waals surface area contributed by atoms with Gasteiger partial charge in [0.1, 0.15) is 12.7 Å². The lowest BCUT2D eigenvalue weighted by molar-refractivity contribution is -0.140. The fourth-order valence-electron chi connectivity index (χ4n) is 3.78. The molecule has 0 atom stereocenters. The molecule has 4 rings (SSSR count). The zero-order valence-electron chi connectivity index (χ0n) is 17.5. The van der Waals surface area contributed by atoms with E-state index in [-0.39, 0.29) is 24.0 Å². The van der Waals surface area contributed by atoms with Crippen LogP contribution >= 0.6 is 0 Å². The molecular weight excluding hydrogens is 402 g/mol. The molecule has 2 aromatic rings. The Labute approximate surface area is 180 Å². The van der Waals surface area contributed by atoms with E-state index in [1.54, 1.807) is 23.4 Å². The average Bonchev–Trinajstić information content (AvgIpc) is 2.78. The predicted octanol–water partition coefficient (Wildman–Crippen LogP) is 0.103. The Morgan fingerprint density at radius 2 is 2.00 bits per heavy atom. The maximum absolute atomic E-state index is 11.9. The second-order valence-corrected chi connectivity index (χ2v) is 7.52. The van der Waals surface area contributed by atoms with E-state index in [1.165, 1.54) is 0 Å². The van der Waals surface area contributed by atoms with Crippen molar-refractivity contribution in [2.45, 2.75) is 31.9 Å². The Balaban J connectivity index is 1.52. The number of aliphatic hydroxyl groups excluding tert-OH is 1. The zero-order valence-corrected chi connectivity index (χ0v) is 17.5. The minimum Gasteiger partial charge on any atom is -0.474 e. The van der Waals surface area contributed by atoms with Gasteiger partial charge in [0.15, 0.2) is 0 Å². The molecule has 0 spiro atoms. The second kappa shape index (κ2) is 9.40. The fraction of sp³-hybridized carbons (Fsp3) is 0.550. The van der Waals surface area contributed by atoms with Gasteiger partial charge in [-0.15, -0.1) is 0 Å². The molecule has 11 nitrogen and oxygen atoms in total. The molecule has 11 heteroatoms. The number of rotatable bonds is 7. The molecule has 1 amide bonds. The van der Waals surface area contributed by atoms with Crippen LogP contribution in [0, 0.1) is 0 Å². The first kappa shape index (κ1) is 21.2. The number of amides is 1. The average molecular weight is 429 g/mol. The van der Waals surface area contributed by atoms with Crippen LogP contribution < -0.4 is 15.4 Å². The standard InChI is InChI=1S/C20H27N7O4/c1-2-27(18(29)12-28)14-7-15(8-14)31-17-9-16(13-10-22-19(21)23-11-13)24-20(25-17)26-3-5-30-6-4-26/h9-11,14-15,28H,2-8,12H2,1H3,(H2,21,22,23)/t14-,15-. The van der Waals surface area contributed by atoms with Crippen molar-refractivity contribution in [2.24, 2.45) is 0 Å². The first-order valence-corrected chi connectivity index (χ1v) is 10.4. The largest absolute Gasteiger partial charge is 0.474 e. The molecule has 0 radical (unpaired) electrons. The Kier molecular flexibility index (Phi) is 6.42. The lowest BCUT2D eigenvalue weighted by Crippen LogP contribution is -2.52. The summed E-state index contributed by atoms with van der Waals surface area (Å²) in [6, 6.07) is 1.84. The van der Waals surface area contributed by atoms with Crippen LogP contribution in [0.5, 0.6) is 5.88 Å². The van der Waals surface area contributed by atoms with Crippen molar-refractivity contribution in [1.82, 2.24) is 24.8 Å². The second-order valence-electron chi connectivity index (χ2n) is 7.52. The lowest BCUT2D eigenvalue weighted by Gasteiger charge is -2.42. The van der Waals surface area contributed by atoms with E-state index in [1.807, 2.05) is 6.92 Å². The van der Waals surface area contributed by atoms with Gasteiger partial charge in [-0.3, -0.25) is 4.79 Å². The van der Waals surface area contributed by atoms with Gasteiger partial charge < -0.3 is 30.1 Å². The van der Waals surface area contributed by atoms with E-state index in [0.29, 0.717) is 68.8 Å². The van der Waals surface area contributed by atoms with Crippen molar-refractivity contribution in [1.29, 1.82) is 0 Å². The minimum atomic E-state index is -0.475. The monoisotopic (exact) mass is 429 g/mol. The molecule has 1 aliphatic heterocycles. The van der Waals surface area contributed by atoms with Crippen LogP contribution in [0.25, 0.3) is 11.3 Å². The van der Waals surface area contributed by atoms with E-state index < -0.39 is 6.61 Å². The number of nitrogens with zero attached hydrogens (tertiary/aromatic N) is 6. The van der Waals surface area contributed by atoms with Crippen molar-refractivity contribution in [3.63, 3.8) is 0 Å². The predicted molar refractivity (Wildman–Crippen MR) is 112 cm³/mol. The number of nitrogens with two attached hydrogens (primary N) is 1. The molecule has 2 aliphatic rings. The van der Waals surface area contributed by atoms with Crippen molar-refractivity contribution in [3.05, 3.63) is 18.5 Å². The molecule has 1 saturated carbocycles. The summed E-state index contributed by atoms with van der Waals surface area (Å²) in [5, 5.41) is 9.15. The highest BCUT2D eigenvalue weighted by Gasteiger charge is 2.37. The highest BCUT2D eigenvalue weighted by Crippen LogP contribution is 2.31. The molecule has 2 aromatic heterocycles. The third-order valence-corrected chi connectivity index (χ3v) is 5.55. The maximum Gasteiger partial charge on any atom is 0.248 e. The Morgan fingerprint density at radius 3 is 2.65 bits per heavy atom. The summed E-state index contributed by atoms with van der Waals surface area (Å²) in [6.45, 7) is 4.62. The summed E-state index contributed by atoms with van der Waals surface area (Å²) in [7, 11) is 0. The molecule has 31 heavy (non-hydrogen) atoms.